The third kappa shape index (κ3) is 7.79. The highest BCUT2D eigenvalue weighted by atomic mass is 35.5. The van der Waals surface area contributed by atoms with Gasteiger partial charge in [-0.1, -0.05) is 65.7 Å². The Hall–Kier alpha value is -3.95. The van der Waals surface area contributed by atoms with E-state index < -0.39 is 28.9 Å². The first-order valence-electron chi connectivity index (χ1n) is 10.8. The number of nitro groups is 1. The van der Waals surface area contributed by atoms with Crippen molar-refractivity contribution >= 4 is 46.9 Å². The van der Waals surface area contributed by atoms with E-state index in [1.54, 1.807) is 18.2 Å². The Bertz CT molecular complexity index is 1270. The number of carbonyl (C=O) groups excluding carboxylic acids is 2. The summed E-state index contributed by atoms with van der Waals surface area (Å²) in [5.74, 6) is -0.847. The van der Waals surface area contributed by atoms with Crippen LogP contribution in [0.25, 0.3) is 0 Å². The van der Waals surface area contributed by atoms with E-state index in [9.17, 15) is 19.7 Å². The Morgan fingerprint density at radius 2 is 1.81 bits per heavy atom. The van der Waals surface area contributed by atoms with E-state index >= 15 is 0 Å². The van der Waals surface area contributed by atoms with Gasteiger partial charge in [-0.15, -0.1) is 0 Å². The van der Waals surface area contributed by atoms with Crippen LogP contribution in [-0.4, -0.2) is 35.1 Å². The minimum Gasteiger partial charge on any atom is -0.479 e. The van der Waals surface area contributed by atoms with Crippen LogP contribution in [0.4, 0.5) is 5.69 Å². The minimum absolute atomic E-state index is 0.103. The standard InChI is InChI=1S/C25H22Cl2N4O5/c1-16(36-23-11-10-19(26)14-21(23)27)24(32)29-22(13-17-6-3-2-4-7-17)25(33)30-28-15-18-8-5-9-20(12-18)31(34)35/h2-12,14-16,22H,13H2,1H3,(H,29,32)(H,30,33)/b28-15-/t16-,22-/m0/s1. The van der Waals surface area contributed by atoms with Gasteiger partial charge in [-0.05, 0) is 30.7 Å². The van der Waals surface area contributed by atoms with E-state index in [0.717, 1.165) is 5.56 Å². The average molecular weight is 529 g/mol. The molecule has 0 aromatic heterocycles. The van der Waals surface area contributed by atoms with Crippen molar-refractivity contribution in [2.45, 2.75) is 25.5 Å². The smallest absolute Gasteiger partial charge is 0.270 e. The first-order valence-corrected chi connectivity index (χ1v) is 11.5. The van der Waals surface area contributed by atoms with Crippen LogP contribution < -0.4 is 15.5 Å². The summed E-state index contributed by atoms with van der Waals surface area (Å²) in [6.45, 7) is 1.53. The largest absolute Gasteiger partial charge is 0.479 e. The zero-order valence-electron chi connectivity index (χ0n) is 19.1. The average Bonchev–Trinajstić information content (AvgIpc) is 2.86. The van der Waals surface area contributed by atoms with Gasteiger partial charge in [-0.3, -0.25) is 19.7 Å². The van der Waals surface area contributed by atoms with Gasteiger partial charge in [0.25, 0.3) is 17.5 Å². The highest BCUT2D eigenvalue weighted by Crippen LogP contribution is 2.28. The van der Waals surface area contributed by atoms with Crippen LogP contribution in [-0.2, 0) is 16.0 Å². The second kappa shape index (κ2) is 12.7. The summed E-state index contributed by atoms with van der Waals surface area (Å²) in [7, 11) is 0. The van der Waals surface area contributed by atoms with Crippen molar-refractivity contribution in [3.8, 4) is 5.75 Å². The molecule has 0 aliphatic carbocycles. The minimum atomic E-state index is -0.978. The third-order valence-corrected chi connectivity index (χ3v) is 5.48. The van der Waals surface area contributed by atoms with Crippen molar-refractivity contribution < 1.29 is 19.2 Å². The molecule has 0 fully saturated rings. The molecular weight excluding hydrogens is 507 g/mol. The molecule has 0 aliphatic heterocycles. The van der Waals surface area contributed by atoms with Crippen molar-refractivity contribution in [3.05, 3.63) is 104 Å². The summed E-state index contributed by atoms with van der Waals surface area (Å²) < 4.78 is 5.64. The van der Waals surface area contributed by atoms with Crippen molar-refractivity contribution in [2.24, 2.45) is 5.10 Å². The number of hydrazone groups is 1. The number of rotatable bonds is 10. The molecule has 0 spiro atoms. The van der Waals surface area contributed by atoms with Gasteiger partial charge in [0.2, 0.25) is 0 Å². The number of nitrogens with one attached hydrogen (secondary N) is 2. The predicted octanol–water partition coefficient (Wildman–Crippen LogP) is 4.55. The summed E-state index contributed by atoms with van der Waals surface area (Å²) in [6.07, 6.45) is 0.503. The van der Waals surface area contributed by atoms with Crippen LogP contribution in [0.3, 0.4) is 0 Å². The Labute approximate surface area is 217 Å². The fourth-order valence-electron chi connectivity index (χ4n) is 3.13. The summed E-state index contributed by atoms with van der Waals surface area (Å²) in [5, 5.41) is 18.2. The lowest BCUT2D eigenvalue weighted by Crippen LogP contribution is -2.50. The number of amides is 2. The number of nitrogens with zero attached hydrogens (tertiary/aromatic N) is 2. The summed E-state index contributed by atoms with van der Waals surface area (Å²) in [4.78, 5) is 36.1. The van der Waals surface area contributed by atoms with Crippen molar-refractivity contribution in [2.75, 3.05) is 0 Å². The van der Waals surface area contributed by atoms with E-state index in [4.69, 9.17) is 27.9 Å². The quantitative estimate of drug-likeness (QED) is 0.227. The van der Waals surface area contributed by atoms with Gasteiger partial charge in [0.15, 0.2) is 6.10 Å². The molecule has 2 N–H and O–H groups in total. The molecule has 3 aromatic rings. The molecule has 0 bridgehead atoms. The molecule has 3 rings (SSSR count). The van der Waals surface area contributed by atoms with Crippen molar-refractivity contribution in [1.82, 2.24) is 10.7 Å². The van der Waals surface area contributed by atoms with Crippen LogP contribution in [0, 0.1) is 10.1 Å². The number of halogens is 2. The second-order valence-corrected chi connectivity index (χ2v) is 8.52. The molecule has 186 valence electrons. The van der Waals surface area contributed by atoms with E-state index in [1.807, 2.05) is 30.3 Å². The van der Waals surface area contributed by atoms with Crippen molar-refractivity contribution in [1.29, 1.82) is 0 Å². The molecule has 11 heteroatoms. The number of hydrogen-bond acceptors (Lipinski definition) is 6. The van der Waals surface area contributed by atoms with E-state index in [0.29, 0.717) is 10.6 Å². The Morgan fingerprint density at radius 3 is 2.50 bits per heavy atom. The molecule has 2 atom stereocenters. The number of hydrogen-bond donors (Lipinski definition) is 2. The van der Waals surface area contributed by atoms with Crippen LogP contribution in [0.2, 0.25) is 10.0 Å². The van der Waals surface area contributed by atoms with Crippen LogP contribution in [0.1, 0.15) is 18.1 Å². The molecule has 2 amide bonds. The number of nitro benzene ring substituents is 1. The fraction of sp³-hybridized carbons (Fsp3) is 0.160. The zero-order valence-corrected chi connectivity index (χ0v) is 20.6. The zero-order chi connectivity index (χ0) is 26.1. The van der Waals surface area contributed by atoms with Crippen LogP contribution >= 0.6 is 23.2 Å². The summed E-state index contributed by atoms with van der Waals surface area (Å²) >= 11 is 12.0. The Morgan fingerprint density at radius 1 is 1.06 bits per heavy atom. The topological polar surface area (TPSA) is 123 Å². The van der Waals surface area contributed by atoms with Gasteiger partial charge in [-0.2, -0.15) is 5.10 Å². The van der Waals surface area contributed by atoms with Gasteiger partial charge in [0, 0.05) is 29.1 Å². The lowest BCUT2D eigenvalue weighted by Gasteiger charge is -2.21. The maximum Gasteiger partial charge on any atom is 0.270 e. The second-order valence-electron chi connectivity index (χ2n) is 7.67. The van der Waals surface area contributed by atoms with Gasteiger partial charge in [-0.25, -0.2) is 5.43 Å². The van der Waals surface area contributed by atoms with Gasteiger partial charge < -0.3 is 10.1 Å². The molecule has 0 saturated carbocycles. The van der Waals surface area contributed by atoms with Gasteiger partial charge in [0.1, 0.15) is 11.8 Å². The SMILES string of the molecule is C[C@H](Oc1ccc(Cl)cc1Cl)C(=O)N[C@@H](Cc1ccccc1)C(=O)N/N=C\c1cccc([N+](=O)[O-])c1. The number of ether oxygens (including phenoxy) is 1. The molecule has 0 unspecified atom stereocenters. The normalized spacial score (nSPS) is 12.5. The van der Waals surface area contributed by atoms with Gasteiger partial charge in [0.05, 0.1) is 16.2 Å². The molecule has 9 nitrogen and oxygen atoms in total. The van der Waals surface area contributed by atoms with Crippen molar-refractivity contribution in [3.63, 3.8) is 0 Å². The lowest BCUT2D eigenvalue weighted by atomic mass is 10.1. The van der Waals surface area contributed by atoms with E-state index in [2.05, 4.69) is 15.8 Å². The first kappa shape index (κ1) is 26.7. The predicted molar refractivity (Wildman–Crippen MR) is 137 cm³/mol. The molecule has 3 aromatic carbocycles. The maximum atomic E-state index is 12.9. The summed E-state index contributed by atoms with van der Waals surface area (Å²) in [6, 6.07) is 18.6. The summed E-state index contributed by atoms with van der Waals surface area (Å²) in [5.41, 5.74) is 3.52. The monoisotopic (exact) mass is 528 g/mol. The van der Waals surface area contributed by atoms with Gasteiger partial charge >= 0.3 is 0 Å². The maximum absolute atomic E-state index is 12.9. The van der Waals surface area contributed by atoms with E-state index in [-0.39, 0.29) is 22.9 Å². The molecule has 0 aliphatic rings. The lowest BCUT2D eigenvalue weighted by molar-refractivity contribution is -0.384. The number of non-ortho nitro benzene ring substituents is 1. The first-order chi connectivity index (χ1) is 17.2. The highest BCUT2D eigenvalue weighted by Gasteiger charge is 2.25. The van der Waals surface area contributed by atoms with Crippen LogP contribution in [0.5, 0.6) is 5.75 Å². The molecule has 36 heavy (non-hydrogen) atoms. The molecular formula is C25H22Cl2N4O5. The number of benzene rings is 3. The van der Waals surface area contributed by atoms with Crippen LogP contribution in [0.15, 0.2) is 77.9 Å². The Balaban J connectivity index is 1.69. The Kier molecular flexibility index (Phi) is 9.38. The highest BCUT2D eigenvalue weighted by molar-refractivity contribution is 6.35. The third-order valence-electron chi connectivity index (χ3n) is 4.95. The number of carbonyl (C=O) groups is 2. The fourth-order valence-corrected chi connectivity index (χ4v) is 3.58. The van der Waals surface area contributed by atoms with E-state index in [1.165, 1.54) is 37.4 Å². The molecule has 0 saturated heterocycles. The molecule has 0 radical (unpaired) electrons. The molecule has 0 heterocycles.